The number of hydrogen-bond acceptors (Lipinski definition) is 1. The summed E-state index contributed by atoms with van der Waals surface area (Å²) in [6.07, 6.45) is 7.05. The Morgan fingerprint density at radius 1 is 0.957 bits per heavy atom. The molecular formula is C21H24ClN. The Bertz CT molecular complexity index is 732. The highest BCUT2D eigenvalue weighted by atomic mass is 35.5. The molecule has 0 radical (unpaired) electrons. The molecule has 0 N–H and O–H groups in total. The molecule has 2 aliphatic carbocycles. The maximum absolute atomic E-state index is 2.34. The Balaban J connectivity index is 0.00000156. The van der Waals surface area contributed by atoms with E-state index >= 15 is 0 Å². The van der Waals surface area contributed by atoms with Gasteiger partial charge in [-0.05, 0) is 54.8 Å². The zero-order valence-electron chi connectivity index (χ0n) is 13.8. The molecule has 2 aliphatic rings. The Morgan fingerprint density at radius 2 is 1.65 bits per heavy atom. The van der Waals surface area contributed by atoms with Crippen molar-refractivity contribution in [2.75, 3.05) is 20.6 Å². The van der Waals surface area contributed by atoms with E-state index in [-0.39, 0.29) is 12.4 Å². The molecule has 4 rings (SSSR count). The molecule has 0 saturated heterocycles. The van der Waals surface area contributed by atoms with Crippen LogP contribution in [0.25, 0.3) is 6.08 Å². The minimum atomic E-state index is 0. The van der Waals surface area contributed by atoms with Gasteiger partial charge in [0.25, 0.3) is 0 Å². The summed E-state index contributed by atoms with van der Waals surface area (Å²) in [5, 5.41) is 0. The van der Waals surface area contributed by atoms with Gasteiger partial charge >= 0.3 is 0 Å². The molecule has 2 aromatic carbocycles. The van der Waals surface area contributed by atoms with Gasteiger partial charge in [-0.3, -0.25) is 0 Å². The van der Waals surface area contributed by atoms with Gasteiger partial charge in [-0.15, -0.1) is 12.4 Å². The van der Waals surface area contributed by atoms with Crippen LogP contribution >= 0.6 is 12.4 Å². The summed E-state index contributed by atoms with van der Waals surface area (Å²) in [6, 6.07) is 15.9. The lowest BCUT2D eigenvalue weighted by Crippen LogP contribution is -2.11. The monoisotopic (exact) mass is 325 g/mol. The molecule has 2 unspecified atom stereocenters. The maximum Gasteiger partial charge on any atom is 0.0110 e. The summed E-state index contributed by atoms with van der Waals surface area (Å²) in [6.45, 7) is 1.11. The first kappa shape index (κ1) is 16.3. The van der Waals surface area contributed by atoms with Crippen LogP contribution in [0.2, 0.25) is 0 Å². The molecule has 0 fully saturated rings. The van der Waals surface area contributed by atoms with Crippen LogP contribution < -0.4 is 0 Å². The SMILES string of the molecule is CN(C)CCC=Cc1cccc2c1C1CC2c2ccccc21.Cl. The van der Waals surface area contributed by atoms with Gasteiger partial charge in [-0.1, -0.05) is 54.6 Å². The van der Waals surface area contributed by atoms with Gasteiger partial charge in [0.1, 0.15) is 0 Å². The molecule has 1 nitrogen and oxygen atoms in total. The van der Waals surface area contributed by atoms with Crippen LogP contribution in [-0.4, -0.2) is 25.5 Å². The highest BCUT2D eigenvalue weighted by Gasteiger charge is 2.41. The lowest BCUT2D eigenvalue weighted by atomic mass is 9.83. The number of nitrogens with zero attached hydrogens (tertiary/aromatic N) is 1. The smallest absolute Gasteiger partial charge is 0.0110 e. The minimum Gasteiger partial charge on any atom is -0.309 e. The standard InChI is InChI=1S/C21H23N.ClH/c1-22(2)13-6-5-8-15-9-7-12-18-19-14-20(21(15)18)17-11-4-3-10-16(17)19;/h3-5,7-12,19-20H,6,13-14H2,1-2H3;1H. The number of fused-ring (bicyclic) bond motifs is 8. The van der Waals surface area contributed by atoms with Crippen molar-refractivity contribution in [3.63, 3.8) is 0 Å². The molecule has 0 heterocycles. The van der Waals surface area contributed by atoms with Gasteiger partial charge in [-0.2, -0.15) is 0 Å². The van der Waals surface area contributed by atoms with E-state index in [9.17, 15) is 0 Å². The zero-order chi connectivity index (χ0) is 15.1. The molecule has 2 atom stereocenters. The summed E-state index contributed by atoms with van der Waals surface area (Å²) < 4.78 is 0. The lowest BCUT2D eigenvalue weighted by Gasteiger charge is -2.21. The summed E-state index contributed by atoms with van der Waals surface area (Å²) in [4.78, 5) is 2.23. The number of halogens is 1. The van der Waals surface area contributed by atoms with E-state index in [2.05, 4.69) is 73.6 Å². The fraction of sp³-hybridized carbons (Fsp3) is 0.333. The zero-order valence-corrected chi connectivity index (χ0v) is 14.6. The van der Waals surface area contributed by atoms with Crippen molar-refractivity contribution < 1.29 is 0 Å². The van der Waals surface area contributed by atoms with Crippen LogP contribution in [0, 0.1) is 0 Å². The van der Waals surface area contributed by atoms with Crippen molar-refractivity contribution in [1.82, 2.24) is 4.90 Å². The lowest BCUT2D eigenvalue weighted by molar-refractivity contribution is 0.417. The van der Waals surface area contributed by atoms with E-state index in [4.69, 9.17) is 0 Å². The van der Waals surface area contributed by atoms with Crippen LogP contribution in [-0.2, 0) is 0 Å². The third-order valence-electron chi connectivity index (χ3n) is 5.16. The Labute approximate surface area is 145 Å². The molecule has 2 bridgehead atoms. The molecule has 2 heteroatoms. The van der Waals surface area contributed by atoms with Crippen molar-refractivity contribution in [3.05, 3.63) is 76.4 Å². The Morgan fingerprint density at radius 3 is 2.39 bits per heavy atom. The quantitative estimate of drug-likeness (QED) is 0.760. The molecule has 0 aromatic heterocycles. The molecule has 0 aliphatic heterocycles. The van der Waals surface area contributed by atoms with Crippen molar-refractivity contribution in [2.24, 2.45) is 0 Å². The molecule has 2 aromatic rings. The Hall–Kier alpha value is -1.57. The topological polar surface area (TPSA) is 3.24 Å². The van der Waals surface area contributed by atoms with Crippen molar-refractivity contribution in [2.45, 2.75) is 24.7 Å². The largest absolute Gasteiger partial charge is 0.309 e. The summed E-state index contributed by atoms with van der Waals surface area (Å²) in [5.74, 6) is 1.25. The Kier molecular flexibility index (Phi) is 4.61. The van der Waals surface area contributed by atoms with E-state index in [0.717, 1.165) is 13.0 Å². The van der Waals surface area contributed by atoms with E-state index in [1.807, 2.05) is 0 Å². The highest BCUT2D eigenvalue weighted by molar-refractivity contribution is 5.85. The first-order valence-electron chi connectivity index (χ1n) is 8.28. The average Bonchev–Trinajstić information content (AvgIpc) is 3.09. The van der Waals surface area contributed by atoms with Crippen molar-refractivity contribution in [3.8, 4) is 0 Å². The van der Waals surface area contributed by atoms with E-state index < -0.39 is 0 Å². The predicted molar refractivity (Wildman–Crippen MR) is 101 cm³/mol. The third-order valence-corrected chi connectivity index (χ3v) is 5.16. The summed E-state index contributed by atoms with van der Waals surface area (Å²) in [7, 11) is 4.26. The van der Waals surface area contributed by atoms with Gasteiger partial charge in [0.15, 0.2) is 0 Å². The maximum atomic E-state index is 2.34. The van der Waals surface area contributed by atoms with Gasteiger partial charge in [0.05, 0.1) is 0 Å². The molecule has 23 heavy (non-hydrogen) atoms. The second-order valence-electron chi connectivity index (χ2n) is 6.81. The summed E-state index contributed by atoms with van der Waals surface area (Å²) >= 11 is 0. The second-order valence-corrected chi connectivity index (χ2v) is 6.81. The molecule has 0 saturated carbocycles. The molecule has 120 valence electrons. The van der Waals surface area contributed by atoms with E-state index in [1.165, 1.54) is 12.0 Å². The third kappa shape index (κ3) is 2.73. The van der Waals surface area contributed by atoms with E-state index in [0.29, 0.717) is 11.8 Å². The number of benzene rings is 2. The first-order valence-corrected chi connectivity index (χ1v) is 8.28. The van der Waals surface area contributed by atoms with Gasteiger partial charge in [0, 0.05) is 18.4 Å². The van der Waals surface area contributed by atoms with E-state index in [1.54, 1.807) is 22.3 Å². The fourth-order valence-electron chi connectivity index (χ4n) is 4.20. The normalized spacial score (nSPS) is 20.7. The molecule has 0 spiro atoms. The fourth-order valence-corrected chi connectivity index (χ4v) is 4.20. The second kappa shape index (κ2) is 6.51. The summed E-state index contributed by atoms with van der Waals surface area (Å²) in [5.41, 5.74) is 7.71. The van der Waals surface area contributed by atoms with Crippen LogP contribution in [0.1, 0.15) is 52.5 Å². The van der Waals surface area contributed by atoms with Crippen LogP contribution in [0.5, 0.6) is 0 Å². The minimum absolute atomic E-state index is 0. The number of rotatable bonds is 4. The van der Waals surface area contributed by atoms with Crippen LogP contribution in [0.15, 0.2) is 48.5 Å². The first-order chi connectivity index (χ1) is 10.8. The van der Waals surface area contributed by atoms with Crippen molar-refractivity contribution in [1.29, 1.82) is 0 Å². The highest BCUT2D eigenvalue weighted by Crippen LogP contribution is 2.57. The molecular weight excluding hydrogens is 302 g/mol. The van der Waals surface area contributed by atoms with Gasteiger partial charge in [0.2, 0.25) is 0 Å². The van der Waals surface area contributed by atoms with Crippen LogP contribution in [0.3, 0.4) is 0 Å². The van der Waals surface area contributed by atoms with Crippen molar-refractivity contribution >= 4 is 18.5 Å². The van der Waals surface area contributed by atoms with Gasteiger partial charge < -0.3 is 4.90 Å². The van der Waals surface area contributed by atoms with Crippen LogP contribution in [0.4, 0.5) is 0 Å². The number of hydrogen-bond donors (Lipinski definition) is 0. The predicted octanol–water partition coefficient (Wildman–Crippen LogP) is 5.05. The average molecular weight is 326 g/mol. The van der Waals surface area contributed by atoms with Gasteiger partial charge in [-0.25, -0.2) is 0 Å². The molecule has 0 amide bonds.